The second-order valence-electron chi connectivity index (χ2n) is 5.57. The van der Waals surface area contributed by atoms with Crippen molar-refractivity contribution in [3.05, 3.63) is 40.4 Å². The number of benzene rings is 1. The molecule has 1 heterocycles. The molecule has 0 saturated carbocycles. The van der Waals surface area contributed by atoms with Crippen molar-refractivity contribution >= 4 is 28.6 Å². The second-order valence-corrected chi connectivity index (χ2v) is 6.61. The highest BCUT2D eigenvalue weighted by Gasteiger charge is 2.07. The number of aromatic nitrogens is 1. The maximum absolute atomic E-state index is 11.8. The first-order valence-electron chi connectivity index (χ1n) is 8.26. The molecule has 0 unspecified atom stereocenters. The number of thiazole rings is 1. The van der Waals surface area contributed by atoms with Crippen LogP contribution in [0.5, 0.6) is 5.75 Å². The van der Waals surface area contributed by atoms with E-state index in [-0.39, 0.29) is 12.5 Å². The highest BCUT2D eigenvalue weighted by Crippen LogP contribution is 2.21. The number of anilines is 1. The molecular weight excluding hydrogens is 336 g/mol. The highest BCUT2D eigenvalue weighted by molar-refractivity contribution is 7.17. The van der Waals surface area contributed by atoms with Crippen LogP contribution in [0.2, 0.25) is 0 Å². The summed E-state index contributed by atoms with van der Waals surface area (Å²) in [6.45, 7) is 9.86. The molecule has 0 bridgehead atoms. The number of hydrazone groups is 1. The molecule has 1 N–H and O–H groups in total. The lowest BCUT2D eigenvalue weighted by molar-refractivity contribution is -0.123. The molecule has 2 rings (SSSR count). The molecule has 0 fully saturated rings. The Balaban J connectivity index is 1.83. The molecule has 0 atom stereocenters. The van der Waals surface area contributed by atoms with Crippen LogP contribution in [0, 0.1) is 13.8 Å². The summed E-state index contributed by atoms with van der Waals surface area (Å²) in [7, 11) is 0. The predicted molar refractivity (Wildman–Crippen MR) is 103 cm³/mol. The van der Waals surface area contributed by atoms with E-state index in [0.29, 0.717) is 5.75 Å². The van der Waals surface area contributed by atoms with Crippen molar-refractivity contribution in [3.63, 3.8) is 0 Å². The Hall–Kier alpha value is -2.41. The quantitative estimate of drug-likeness (QED) is 0.580. The van der Waals surface area contributed by atoms with Gasteiger partial charge in [0.05, 0.1) is 11.1 Å². The molecule has 1 amide bonds. The summed E-state index contributed by atoms with van der Waals surface area (Å²) in [5.41, 5.74) is 4.56. The molecule has 6 nitrogen and oxygen atoms in total. The first kappa shape index (κ1) is 18.9. The predicted octanol–water partition coefficient (Wildman–Crippen LogP) is 3.14. The van der Waals surface area contributed by atoms with Crippen LogP contribution in [0.15, 0.2) is 29.5 Å². The largest absolute Gasteiger partial charge is 0.483 e. The van der Waals surface area contributed by atoms with Crippen molar-refractivity contribution in [2.45, 2.75) is 27.7 Å². The maximum Gasteiger partial charge on any atom is 0.277 e. The average Bonchev–Trinajstić information content (AvgIpc) is 3.05. The highest BCUT2D eigenvalue weighted by atomic mass is 32.1. The standard InChI is InChI=1S/C18H24N4O2S/c1-5-22(6-2)18-19-10-15(25-18)11-20-21-17(23)12-24-16-9-13(3)7-8-14(16)4/h7-11H,5-6,12H2,1-4H3,(H,21,23)/b20-11-. The molecule has 0 saturated heterocycles. The summed E-state index contributed by atoms with van der Waals surface area (Å²) in [4.78, 5) is 19.3. The number of hydrogen-bond acceptors (Lipinski definition) is 6. The van der Waals surface area contributed by atoms with Crippen molar-refractivity contribution in [2.24, 2.45) is 5.10 Å². The minimum Gasteiger partial charge on any atom is -0.483 e. The summed E-state index contributed by atoms with van der Waals surface area (Å²) < 4.78 is 5.54. The smallest absolute Gasteiger partial charge is 0.277 e. The zero-order valence-corrected chi connectivity index (χ0v) is 15.9. The van der Waals surface area contributed by atoms with Gasteiger partial charge in [-0.1, -0.05) is 23.5 Å². The minimum absolute atomic E-state index is 0.0744. The fourth-order valence-corrected chi connectivity index (χ4v) is 3.10. The fraction of sp³-hybridized carbons (Fsp3) is 0.389. The average molecular weight is 360 g/mol. The van der Waals surface area contributed by atoms with E-state index in [2.05, 4.69) is 34.3 Å². The summed E-state index contributed by atoms with van der Waals surface area (Å²) in [5.74, 6) is 0.413. The van der Waals surface area contributed by atoms with Gasteiger partial charge in [-0.25, -0.2) is 10.4 Å². The minimum atomic E-state index is -0.300. The van der Waals surface area contributed by atoms with Gasteiger partial charge in [0, 0.05) is 19.3 Å². The van der Waals surface area contributed by atoms with Gasteiger partial charge in [-0.2, -0.15) is 5.10 Å². The topological polar surface area (TPSA) is 66.8 Å². The van der Waals surface area contributed by atoms with Gasteiger partial charge in [0.1, 0.15) is 5.75 Å². The van der Waals surface area contributed by atoms with E-state index in [0.717, 1.165) is 34.2 Å². The molecule has 7 heteroatoms. The summed E-state index contributed by atoms with van der Waals surface area (Å²) >= 11 is 1.54. The summed E-state index contributed by atoms with van der Waals surface area (Å²) in [5, 5.41) is 4.92. The number of rotatable bonds is 8. The SMILES string of the molecule is CCN(CC)c1ncc(/C=N\NC(=O)COc2cc(C)ccc2C)s1. The van der Waals surface area contributed by atoms with Gasteiger partial charge in [0.25, 0.3) is 5.91 Å². The maximum atomic E-state index is 11.8. The third-order valence-electron chi connectivity index (χ3n) is 3.63. The molecule has 0 spiro atoms. The molecule has 0 aliphatic rings. The Morgan fingerprint density at radius 3 is 2.84 bits per heavy atom. The van der Waals surface area contributed by atoms with Crippen LogP contribution in [-0.4, -0.2) is 36.8 Å². The third kappa shape index (κ3) is 5.56. The van der Waals surface area contributed by atoms with E-state index in [9.17, 15) is 4.79 Å². The Labute approximate surface area is 152 Å². The molecule has 1 aromatic heterocycles. The number of carbonyl (C=O) groups is 1. The Morgan fingerprint density at radius 1 is 1.36 bits per heavy atom. The van der Waals surface area contributed by atoms with E-state index in [1.165, 1.54) is 11.3 Å². The lowest BCUT2D eigenvalue weighted by Gasteiger charge is -2.16. The number of nitrogens with zero attached hydrogens (tertiary/aromatic N) is 3. The number of nitrogens with one attached hydrogen (secondary N) is 1. The molecule has 2 aromatic rings. The van der Waals surface area contributed by atoms with Gasteiger partial charge < -0.3 is 9.64 Å². The summed E-state index contributed by atoms with van der Waals surface area (Å²) in [6.07, 6.45) is 3.35. The molecule has 0 aliphatic heterocycles. The van der Waals surface area contributed by atoms with Gasteiger partial charge in [0.15, 0.2) is 11.7 Å². The zero-order chi connectivity index (χ0) is 18.2. The molecule has 134 valence electrons. The first-order chi connectivity index (χ1) is 12.0. The van der Waals surface area contributed by atoms with Crippen molar-refractivity contribution in [2.75, 3.05) is 24.6 Å². The monoisotopic (exact) mass is 360 g/mol. The van der Waals surface area contributed by atoms with Gasteiger partial charge in [-0.3, -0.25) is 4.79 Å². The Bertz CT molecular complexity index is 738. The molecular formula is C18H24N4O2S. The number of amides is 1. The van der Waals surface area contributed by atoms with E-state index in [1.54, 1.807) is 12.4 Å². The van der Waals surface area contributed by atoms with Crippen molar-refractivity contribution < 1.29 is 9.53 Å². The van der Waals surface area contributed by atoms with Crippen LogP contribution < -0.4 is 15.1 Å². The van der Waals surface area contributed by atoms with E-state index < -0.39 is 0 Å². The number of aryl methyl sites for hydroxylation is 2. The third-order valence-corrected chi connectivity index (χ3v) is 4.62. The van der Waals surface area contributed by atoms with Crippen LogP contribution >= 0.6 is 11.3 Å². The van der Waals surface area contributed by atoms with Gasteiger partial charge in [-0.15, -0.1) is 0 Å². The molecule has 0 aliphatic carbocycles. The number of carbonyl (C=O) groups excluding carboxylic acids is 1. The number of ether oxygens (including phenoxy) is 1. The van der Waals surface area contributed by atoms with Crippen LogP contribution in [0.3, 0.4) is 0 Å². The lowest BCUT2D eigenvalue weighted by Crippen LogP contribution is -2.24. The van der Waals surface area contributed by atoms with E-state index >= 15 is 0 Å². The van der Waals surface area contributed by atoms with E-state index in [1.807, 2.05) is 32.0 Å². The van der Waals surface area contributed by atoms with Crippen molar-refractivity contribution in [3.8, 4) is 5.75 Å². The molecule has 25 heavy (non-hydrogen) atoms. The zero-order valence-electron chi connectivity index (χ0n) is 15.1. The lowest BCUT2D eigenvalue weighted by atomic mass is 10.1. The Morgan fingerprint density at radius 2 is 2.12 bits per heavy atom. The van der Waals surface area contributed by atoms with Crippen LogP contribution in [0.4, 0.5) is 5.13 Å². The fourth-order valence-electron chi connectivity index (χ4n) is 2.18. The molecule has 0 radical (unpaired) electrons. The van der Waals surface area contributed by atoms with E-state index in [4.69, 9.17) is 4.74 Å². The Kier molecular flexibility index (Phi) is 6.94. The van der Waals surface area contributed by atoms with Crippen LogP contribution in [-0.2, 0) is 4.79 Å². The summed E-state index contributed by atoms with van der Waals surface area (Å²) in [6, 6.07) is 5.89. The van der Waals surface area contributed by atoms with Gasteiger partial charge in [0.2, 0.25) is 0 Å². The first-order valence-corrected chi connectivity index (χ1v) is 9.07. The van der Waals surface area contributed by atoms with Crippen molar-refractivity contribution in [1.82, 2.24) is 10.4 Å². The number of hydrogen-bond donors (Lipinski definition) is 1. The normalized spacial score (nSPS) is 10.9. The van der Waals surface area contributed by atoms with Crippen LogP contribution in [0.1, 0.15) is 29.9 Å². The van der Waals surface area contributed by atoms with Crippen LogP contribution in [0.25, 0.3) is 0 Å². The molecule has 1 aromatic carbocycles. The van der Waals surface area contributed by atoms with Crippen molar-refractivity contribution in [1.29, 1.82) is 0 Å². The van der Waals surface area contributed by atoms with Gasteiger partial charge in [-0.05, 0) is 44.9 Å². The second kappa shape index (κ2) is 9.17. The van der Waals surface area contributed by atoms with Gasteiger partial charge >= 0.3 is 0 Å².